The molecule has 0 aliphatic carbocycles. The Bertz CT molecular complexity index is 299. The van der Waals surface area contributed by atoms with E-state index >= 15 is 0 Å². The Morgan fingerprint density at radius 3 is 2.47 bits per heavy atom. The number of nitrogens with zero attached hydrogens (tertiary/aromatic N) is 2. The number of aromatic nitrogens is 2. The van der Waals surface area contributed by atoms with Gasteiger partial charge < -0.3 is 9.63 Å². The summed E-state index contributed by atoms with van der Waals surface area (Å²) < 4.78 is 5.15. The van der Waals surface area contributed by atoms with Crippen LogP contribution in [-0.4, -0.2) is 21.4 Å². The molecule has 0 fully saturated rings. The Morgan fingerprint density at radius 2 is 1.93 bits per heavy atom. The van der Waals surface area contributed by atoms with Crippen molar-refractivity contribution < 1.29 is 9.63 Å². The molecule has 1 aromatic rings. The monoisotopic (exact) mass is 212 g/mol. The first-order valence-corrected chi connectivity index (χ1v) is 5.61. The van der Waals surface area contributed by atoms with Gasteiger partial charge in [0.2, 0.25) is 5.89 Å². The number of hydrogen-bond donors (Lipinski definition) is 1. The molecule has 0 aliphatic rings. The van der Waals surface area contributed by atoms with Gasteiger partial charge in [-0.3, -0.25) is 0 Å². The van der Waals surface area contributed by atoms with E-state index in [0.717, 1.165) is 12.2 Å². The van der Waals surface area contributed by atoms with Crippen LogP contribution in [0.4, 0.5) is 0 Å². The van der Waals surface area contributed by atoms with Crippen LogP contribution in [0.15, 0.2) is 4.52 Å². The van der Waals surface area contributed by atoms with Crippen LogP contribution >= 0.6 is 0 Å². The number of hydrogen-bond acceptors (Lipinski definition) is 4. The maximum atomic E-state index is 9.66. The van der Waals surface area contributed by atoms with Crippen LogP contribution < -0.4 is 0 Å². The van der Waals surface area contributed by atoms with Gasteiger partial charge in [0.1, 0.15) is 0 Å². The van der Waals surface area contributed by atoms with E-state index in [1.54, 1.807) is 0 Å². The van der Waals surface area contributed by atoms with Gasteiger partial charge in [-0.15, -0.1) is 0 Å². The zero-order valence-electron chi connectivity index (χ0n) is 9.90. The molecule has 0 aliphatic heterocycles. The molecule has 1 aromatic heterocycles. The molecule has 4 nitrogen and oxygen atoms in total. The summed E-state index contributed by atoms with van der Waals surface area (Å²) in [4.78, 5) is 4.31. The molecule has 15 heavy (non-hydrogen) atoms. The van der Waals surface area contributed by atoms with Gasteiger partial charge in [0.05, 0.1) is 12.0 Å². The van der Waals surface area contributed by atoms with E-state index in [4.69, 9.17) is 4.52 Å². The Hall–Kier alpha value is -0.900. The van der Waals surface area contributed by atoms with Crippen LogP contribution in [0.5, 0.6) is 0 Å². The first-order valence-electron chi connectivity index (χ1n) is 5.61. The lowest BCUT2D eigenvalue weighted by atomic mass is 10.0. The SMILES string of the molecule is CCC(C)c1noc(C(C)C(O)CC)n1. The van der Waals surface area contributed by atoms with Crippen molar-refractivity contribution in [1.82, 2.24) is 10.1 Å². The molecule has 4 heteroatoms. The largest absolute Gasteiger partial charge is 0.392 e. The quantitative estimate of drug-likeness (QED) is 0.814. The van der Waals surface area contributed by atoms with Crippen molar-refractivity contribution in [3.8, 4) is 0 Å². The van der Waals surface area contributed by atoms with Crippen LogP contribution in [0.2, 0.25) is 0 Å². The Balaban J connectivity index is 2.75. The smallest absolute Gasteiger partial charge is 0.232 e. The molecule has 0 aromatic carbocycles. The average molecular weight is 212 g/mol. The minimum atomic E-state index is -0.407. The summed E-state index contributed by atoms with van der Waals surface area (Å²) in [6.07, 6.45) is 1.28. The van der Waals surface area contributed by atoms with Gasteiger partial charge in [-0.05, 0) is 12.8 Å². The maximum absolute atomic E-state index is 9.66. The van der Waals surface area contributed by atoms with Crippen LogP contribution in [0.3, 0.4) is 0 Å². The van der Waals surface area contributed by atoms with E-state index in [9.17, 15) is 5.11 Å². The van der Waals surface area contributed by atoms with Crippen LogP contribution in [0.1, 0.15) is 64.1 Å². The molecule has 0 bridgehead atoms. The van der Waals surface area contributed by atoms with Gasteiger partial charge in [0, 0.05) is 5.92 Å². The summed E-state index contributed by atoms with van der Waals surface area (Å²) in [5, 5.41) is 13.6. The van der Waals surface area contributed by atoms with Gasteiger partial charge in [0.15, 0.2) is 5.82 Å². The first-order chi connectivity index (χ1) is 7.10. The molecule has 3 atom stereocenters. The second kappa shape index (κ2) is 5.26. The molecule has 0 radical (unpaired) electrons. The Morgan fingerprint density at radius 1 is 1.27 bits per heavy atom. The summed E-state index contributed by atoms with van der Waals surface area (Å²) in [6, 6.07) is 0. The molecule has 0 saturated carbocycles. The highest BCUT2D eigenvalue weighted by Crippen LogP contribution is 2.22. The fourth-order valence-corrected chi connectivity index (χ4v) is 1.33. The fourth-order valence-electron chi connectivity index (χ4n) is 1.33. The molecule has 86 valence electrons. The standard InChI is InChI=1S/C11H20N2O2/c1-5-7(3)10-12-11(15-13-10)8(4)9(14)6-2/h7-9,14H,5-6H2,1-4H3. The number of rotatable bonds is 5. The van der Waals surface area contributed by atoms with Crippen LogP contribution in [0.25, 0.3) is 0 Å². The van der Waals surface area contributed by atoms with Crippen molar-refractivity contribution in [1.29, 1.82) is 0 Å². The zero-order chi connectivity index (χ0) is 11.4. The lowest BCUT2D eigenvalue weighted by Gasteiger charge is -2.12. The third-order valence-electron chi connectivity index (χ3n) is 2.90. The minimum Gasteiger partial charge on any atom is -0.392 e. The molecular weight excluding hydrogens is 192 g/mol. The first kappa shape index (κ1) is 12.2. The van der Waals surface area contributed by atoms with Crippen molar-refractivity contribution in [2.24, 2.45) is 0 Å². The molecule has 0 amide bonds. The highest BCUT2D eigenvalue weighted by atomic mass is 16.5. The van der Waals surface area contributed by atoms with E-state index in [-0.39, 0.29) is 5.92 Å². The summed E-state index contributed by atoms with van der Waals surface area (Å²) >= 11 is 0. The lowest BCUT2D eigenvalue weighted by molar-refractivity contribution is 0.129. The lowest BCUT2D eigenvalue weighted by Crippen LogP contribution is -2.14. The second-order valence-corrected chi connectivity index (χ2v) is 4.06. The Kier molecular flexibility index (Phi) is 4.27. The number of aliphatic hydroxyl groups is 1. The van der Waals surface area contributed by atoms with Gasteiger partial charge in [-0.2, -0.15) is 4.98 Å². The summed E-state index contributed by atoms with van der Waals surface area (Å²) in [5.41, 5.74) is 0. The maximum Gasteiger partial charge on any atom is 0.232 e. The second-order valence-electron chi connectivity index (χ2n) is 4.06. The molecule has 3 unspecified atom stereocenters. The van der Waals surface area contributed by atoms with Gasteiger partial charge in [0.25, 0.3) is 0 Å². The highest BCUT2D eigenvalue weighted by Gasteiger charge is 2.22. The molecule has 0 saturated heterocycles. The summed E-state index contributed by atoms with van der Waals surface area (Å²) in [6.45, 7) is 8.00. The Labute approximate surface area is 90.7 Å². The van der Waals surface area contributed by atoms with E-state index in [1.165, 1.54) is 0 Å². The van der Waals surface area contributed by atoms with E-state index in [0.29, 0.717) is 18.2 Å². The van der Waals surface area contributed by atoms with E-state index < -0.39 is 6.10 Å². The molecule has 1 N–H and O–H groups in total. The third kappa shape index (κ3) is 2.78. The number of aliphatic hydroxyl groups excluding tert-OH is 1. The topological polar surface area (TPSA) is 59.2 Å². The fraction of sp³-hybridized carbons (Fsp3) is 0.818. The predicted molar refractivity (Wildman–Crippen MR) is 57.7 cm³/mol. The minimum absolute atomic E-state index is 0.0830. The van der Waals surface area contributed by atoms with Crippen molar-refractivity contribution in [3.05, 3.63) is 11.7 Å². The summed E-state index contributed by atoms with van der Waals surface area (Å²) in [5.74, 6) is 1.51. The normalized spacial score (nSPS) is 17.4. The molecule has 1 rings (SSSR count). The molecule has 1 heterocycles. The van der Waals surface area contributed by atoms with Crippen molar-refractivity contribution >= 4 is 0 Å². The molecular formula is C11H20N2O2. The van der Waals surface area contributed by atoms with Crippen molar-refractivity contribution in [3.63, 3.8) is 0 Å². The summed E-state index contributed by atoms with van der Waals surface area (Å²) in [7, 11) is 0. The predicted octanol–water partition coefficient (Wildman–Crippen LogP) is 2.46. The van der Waals surface area contributed by atoms with E-state index in [2.05, 4.69) is 24.0 Å². The van der Waals surface area contributed by atoms with Gasteiger partial charge in [-0.25, -0.2) is 0 Å². The van der Waals surface area contributed by atoms with Gasteiger partial charge >= 0.3 is 0 Å². The van der Waals surface area contributed by atoms with Gasteiger partial charge in [-0.1, -0.05) is 32.9 Å². The van der Waals surface area contributed by atoms with E-state index in [1.807, 2.05) is 13.8 Å². The van der Waals surface area contributed by atoms with Crippen molar-refractivity contribution in [2.45, 2.75) is 58.5 Å². The highest BCUT2D eigenvalue weighted by molar-refractivity contribution is 4.98. The third-order valence-corrected chi connectivity index (χ3v) is 2.90. The van der Waals surface area contributed by atoms with Crippen molar-refractivity contribution in [2.75, 3.05) is 0 Å². The van der Waals surface area contributed by atoms with Crippen LogP contribution in [-0.2, 0) is 0 Å². The average Bonchev–Trinajstić information content (AvgIpc) is 2.75. The molecule has 0 spiro atoms. The van der Waals surface area contributed by atoms with Crippen LogP contribution in [0, 0.1) is 0 Å². The zero-order valence-corrected chi connectivity index (χ0v) is 9.90.